The number of para-hydroxylation sites is 1. The molecule has 0 bridgehead atoms. The smallest absolute Gasteiger partial charge is 0.226 e. The minimum atomic E-state index is -0.0806. The zero-order valence-electron chi connectivity index (χ0n) is 14.2. The van der Waals surface area contributed by atoms with Gasteiger partial charge in [-0.3, -0.25) is 9.59 Å². The molecule has 1 fully saturated rings. The number of hydrogen-bond donors (Lipinski definition) is 3. The summed E-state index contributed by atoms with van der Waals surface area (Å²) in [6.45, 7) is 4.64. The number of carbonyl (C=O) groups is 2. The van der Waals surface area contributed by atoms with Crippen molar-refractivity contribution in [2.45, 2.75) is 32.6 Å². The first kappa shape index (κ1) is 20.5. The molecule has 0 radical (unpaired) electrons. The Morgan fingerprint density at radius 2 is 1.83 bits per heavy atom. The van der Waals surface area contributed by atoms with Crippen LogP contribution >= 0.6 is 12.4 Å². The number of hydrogen-bond acceptors (Lipinski definition) is 3. The molecule has 24 heavy (non-hydrogen) atoms. The molecule has 5 nitrogen and oxygen atoms in total. The second-order valence-electron chi connectivity index (χ2n) is 6.28. The van der Waals surface area contributed by atoms with Gasteiger partial charge in [0, 0.05) is 25.1 Å². The van der Waals surface area contributed by atoms with E-state index >= 15 is 0 Å². The van der Waals surface area contributed by atoms with Gasteiger partial charge in [-0.1, -0.05) is 25.1 Å². The van der Waals surface area contributed by atoms with Crippen LogP contribution in [-0.2, 0) is 9.59 Å². The van der Waals surface area contributed by atoms with E-state index < -0.39 is 0 Å². The zero-order chi connectivity index (χ0) is 16.5. The predicted octanol–water partition coefficient (Wildman–Crippen LogP) is 2.58. The van der Waals surface area contributed by atoms with Gasteiger partial charge in [0.05, 0.1) is 0 Å². The first-order valence-corrected chi connectivity index (χ1v) is 8.47. The number of anilines is 1. The molecule has 1 atom stereocenters. The Morgan fingerprint density at radius 3 is 2.50 bits per heavy atom. The molecule has 1 aromatic carbocycles. The Labute approximate surface area is 150 Å². The standard InChI is InChI=1S/C18H27N3O2.ClH/c1-14(15-7-10-19-11-8-15)13-18(23)20-12-9-17(22)21-16-5-3-2-4-6-16;/h2-6,14-15,19H,7-13H2,1H3,(H,20,23)(H,21,22);1H. The number of rotatable bonds is 7. The van der Waals surface area contributed by atoms with E-state index in [-0.39, 0.29) is 24.2 Å². The molecule has 0 aliphatic carbocycles. The number of benzene rings is 1. The van der Waals surface area contributed by atoms with Gasteiger partial charge in [0.2, 0.25) is 11.8 Å². The molecule has 1 aromatic rings. The van der Waals surface area contributed by atoms with Crippen LogP contribution in [0.4, 0.5) is 5.69 Å². The van der Waals surface area contributed by atoms with Crippen LogP contribution in [0.5, 0.6) is 0 Å². The highest BCUT2D eigenvalue weighted by molar-refractivity contribution is 5.91. The molecule has 1 saturated heterocycles. The first-order chi connectivity index (χ1) is 11.1. The average Bonchev–Trinajstić information content (AvgIpc) is 2.56. The van der Waals surface area contributed by atoms with Crippen LogP contribution in [0.25, 0.3) is 0 Å². The Kier molecular flexibility index (Phi) is 9.42. The van der Waals surface area contributed by atoms with Crippen molar-refractivity contribution in [3.63, 3.8) is 0 Å². The molecular formula is C18H28ClN3O2. The van der Waals surface area contributed by atoms with E-state index in [0.29, 0.717) is 31.2 Å². The van der Waals surface area contributed by atoms with E-state index in [4.69, 9.17) is 0 Å². The second-order valence-corrected chi connectivity index (χ2v) is 6.28. The van der Waals surface area contributed by atoms with Gasteiger partial charge in [0.15, 0.2) is 0 Å². The summed E-state index contributed by atoms with van der Waals surface area (Å²) >= 11 is 0. The number of amides is 2. The first-order valence-electron chi connectivity index (χ1n) is 8.47. The van der Waals surface area contributed by atoms with Gasteiger partial charge in [-0.15, -0.1) is 12.4 Å². The molecule has 0 saturated carbocycles. The molecule has 134 valence electrons. The molecule has 2 rings (SSSR count). The van der Waals surface area contributed by atoms with Crippen LogP contribution in [0, 0.1) is 11.8 Å². The van der Waals surface area contributed by atoms with Crippen LogP contribution in [0.3, 0.4) is 0 Å². The molecule has 1 aliphatic heterocycles. The minimum absolute atomic E-state index is 0. The lowest BCUT2D eigenvalue weighted by Crippen LogP contribution is -2.34. The molecule has 1 aliphatic rings. The van der Waals surface area contributed by atoms with Crippen molar-refractivity contribution in [2.75, 3.05) is 25.0 Å². The van der Waals surface area contributed by atoms with Gasteiger partial charge in [0.25, 0.3) is 0 Å². The van der Waals surface area contributed by atoms with Crippen LogP contribution in [0.15, 0.2) is 30.3 Å². The zero-order valence-corrected chi connectivity index (χ0v) is 15.0. The van der Waals surface area contributed by atoms with Gasteiger partial charge < -0.3 is 16.0 Å². The van der Waals surface area contributed by atoms with Crippen molar-refractivity contribution in [1.82, 2.24) is 10.6 Å². The highest BCUT2D eigenvalue weighted by atomic mass is 35.5. The Bertz CT molecular complexity index is 504. The van der Waals surface area contributed by atoms with Crippen LogP contribution in [0.1, 0.15) is 32.6 Å². The molecule has 2 amide bonds. The highest BCUT2D eigenvalue weighted by Crippen LogP contribution is 2.24. The fraction of sp³-hybridized carbons (Fsp3) is 0.556. The van der Waals surface area contributed by atoms with Crippen molar-refractivity contribution in [1.29, 1.82) is 0 Å². The van der Waals surface area contributed by atoms with Crippen molar-refractivity contribution >= 4 is 29.9 Å². The quantitative estimate of drug-likeness (QED) is 0.705. The van der Waals surface area contributed by atoms with Gasteiger partial charge in [-0.2, -0.15) is 0 Å². The minimum Gasteiger partial charge on any atom is -0.356 e. The summed E-state index contributed by atoms with van der Waals surface area (Å²) in [5.74, 6) is 0.991. The molecule has 0 aromatic heterocycles. The summed E-state index contributed by atoms with van der Waals surface area (Å²) in [5.41, 5.74) is 0.781. The molecule has 3 N–H and O–H groups in total. The van der Waals surface area contributed by atoms with Crippen LogP contribution in [-0.4, -0.2) is 31.4 Å². The molecule has 6 heteroatoms. The van der Waals surface area contributed by atoms with Gasteiger partial charge >= 0.3 is 0 Å². The van der Waals surface area contributed by atoms with Gasteiger partial charge in [-0.25, -0.2) is 0 Å². The SMILES string of the molecule is CC(CC(=O)NCCC(=O)Nc1ccccc1)C1CCNCC1.Cl. The van der Waals surface area contributed by atoms with Gasteiger partial charge in [-0.05, 0) is 49.9 Å². The third-order valence-corrected chi connectivity index (χ3v) is 4.43. The Morgan fingerprint density at radius 1 is 1.17 bits per heavy atom. The van der Waals surface area contributed by atoms with Crippen molar-refractivity contribution in [2.24, 2.45) is 11.8 Å². The molecular weight excluding hydrogens is 326 g/mol. The van der Waals surface area contributed by atoms with E-state index in [2.05, 4.69) is 22.9 Å². The summed E-state index contributed by atoms with van der Waals surface area (Å²) in [7, 11) is 0. The number of piperidine rings is 1. The number of carbonyl (C=O) groups excluding carboxylic acids is 2. The fourth-order valence-electron chi connectivity index (χ4n) is 3.00. The van der Waals surface area contributed by atoms with Crippen molar-refractivity contribution in [3.8, 4) is 0 Å². The van der Waals surface area contributed by atoms with Crippen molar-refractivity contribution in [3.05, 3.63) is 30.3 Å². The van der Waals surface area contributed by atoms with E-state index in [1.165, 1.54) is 0 Å². The normalized spacial score (nSPS) is 15.9. The Balaban J connectivity index is 0.00000288. The van der Waals surface area contributed by atoms with E-state index in [1.807, 2.05) is 30.3 Å². The maximum Gasteiger partial charge on any atom is 0.226 e. The maximum atomic E-state index is 12.0. The maximum absolute atomic E-state index is 12.0. The third kappa shape index (κ3) is 7.32. The van der Waals surface area contributed by atoms with Crippen LogP contribution < -0.4 is 16.0 Å². The molecule has 0 spiro atoms. The highest BCUT2D eigenvalue weighted by Gasteiger charge is 2.21. The lowest BCUT2D eigenvalue weighted by Gasteiger charge is -2.27. The third-order valence-electron chi connectivity index (χ3n) is 4.43. The second kappa shape index (κ2) is 11.0. The lowest BCUT2D eigenvalue weighted by atomic mass is 9.84. The largest absolute Gasteiger partial charge is 0.356 e. The summed E-state index contributed by atoms with van der Waals surface area (Å²) in [4.78, 5) is 23.8. The molecule has 1 unspecified atom stereocenters. The average molecular weight is 354 g/mol. The van der Waals surface area contributed by atoms with E-state index in [0.717, 1.165) is 31.6 Å². The van der Waals surface area contributed by atoms with Gasteiger partial charge in [0.1, 0.15) is 0 Å². The van der Waals surface area contributed by atoms with E-state index in [1.54, 1.807) is 0 Å². The summed E-state index contributed by atoms with van der Waals surface area (Å²) in [6.07, 6.45) is 3.13. The van der Waals surface area contributed by atoms with E-state index in [9.17, 15) is 9.59 Å². The lowest BCUT2D eigenvalue weighted by molar-refractivity contribution is -0.122. The van der Waals surface area contributed by atoms with Crippen LogP contribution in [0.2, 0.25) is 0 Å². The number of nitrogens with one attached hydrogen (secondary N) is 3. The Hall–Kier alpha value is -1.59. The summed E-state index contributed by atoms with van der Waals surface area (Å²) < 4.78 is 0. The predicted molar refractivity (Wildman–Crippen MR) is 99.3 cm³/mol. The summed E-state index contributed by atoms with van der Waals surface area (Å²) in [6, 6.07) is 9.34. The topological polar surface area (TPSA) is 70.2 Å². The molecule has 1 heterocycles. The monoisotopic (exact) mass is 353 g/mol. The fourth-order valence-corrected chi connectivity index (χ4v) is 3.00. The summed E-state index contributed by atoms with van der Waals surface area (Å²) in [5, 5.41) is 9.01. The van der Waals surface area contributed by atoms with Crippen molar-refractivity contribution < 1.29 is 9.59 Å². The number of halogens is 1.